The quantitative estimate of drug-likeness (QED) is 0.606. The molecule has 0 amide bonds. The van der Waals surface area contributed by atoms with Crippen molar-refractivity contribution in [2.24, 2.45) is 0 Å². The van der Waals surface area contributed by atoms with Gasteiger partial charge in [0.1, 0.15) is 5.76 Å². The van der Waals surface area contributed by atoms with Crippen LogP contribution >= 0.6 is 0 Å². The normalized spacial score (nSPS) is 25.0. The summed E-state index contributed by atoms with van der Waals surface area (Å²) in [7, 11) is 0. The van der Waals surface area contributed by atoms with Crippen molar-refractivity contribution in [1.82, 2.24) is 0 Å². The van der Waals surface area contributed by atoms with E-state index in [0.717, 1.165) is 0 Å². The second kappa shape index (κ2) is 2.88. The Morgan fingerprint density at radius 1 is 1.64 bits per heavy atom. The lowest BCUT2D eigenvalue weighted by Gasteiger charge is -2.00. The molecular formula is C8H10O3. The molecule has 11 heavy (non-hydrogen) atoms. The van der Waals surface area contributed by atoms with Crippen molar-refractivity contribution in [1.29, 1.82) is 0 Å². The van der Waals surface area contributed by atoms with Crippen LogP contribution in [-0.4, -0.2) is 17.2 Å². The molecule has 1 atom stereocenters. The van der Waals surface area contributed by atoms with E-state index in [1.807, 2.05) is 6.92 Å². The van der Waals surface area contributed by atoms with Crippen molar-refractivity contribution in [2.75, 3.05) is 0 Å². The highest BCUT2D eigenvalue weighted by Crippen LogP contribution is 2.20. The molecule has 0 saturated heterocycles. The molecule has 0 fully saturated rings. The van der Waals surface area contributed by atoms with Crippen molar-refractivity contribution in [3.63, 3.8) is 0 Å². The predicted molar refractivity (Wildman–Crippen MR) is 39.6 cm³/mol. The fourth-order valence-electron chi connectivity index (χ4n) is 0.884. The van der Waals surface area contributed by atoms with Gasteiger partial charge in [-0.25, -0.2) is 0 Å². The van der Waals surface area contributed by atoms with Gasteiger partial charge in [0, 0.05) is 5.57 Å². The van der Waals surface area contributed by atoms with Crippen molar-refractivity contribution < 1.29 is 14.6 Å². The summed E-state index contributed by atoms with van der Waals surface area (Å²) in [6.45, 7) is 3.45. The molecule has 3 heteroatoms. The van der Waals surface area contributed by atoms with Crippen molar-refractivity contribution >= 4 is 5.78 Å². The molecule has 1 rings (SSSR count). The van der Waals surface area contributed by atoms with E-state index < -0.39 is 6.29 Å². The second-order valence-corrected chi connectivity index (χ2v) is 2.32. The summed E-state index contributed by atoms with van der Waals surface area (Å²) < 4.78 is 4.83. The maximum atomic E-state index is 10.9. The smallest absolute Gasteiger partial charge is 0.261 e. The molecular weight excluding hydrogens is 144 g/mol. The molecule has 1 aliphatic heterocycles. The van der Waals surface area contributed by atoms with Crippen LogP contribution in [0.4, 0.5) is 0 Å². The Labute approximate surface area is 65.0 Å². The second-order valence-electron chi connectivity index (χ2n) is 2.32. The third kappa shape index (κ3) is 1.33. The average molecular weight is 154 g/mol. The number of aliphatic hydroxyl groups excluding tert-OH is 1. The standard InChI is InChI=1S/C8H10O3/c1-3-4-6-5(2)7(9)8(10)11-6/h3-4,8,10H,1-2H3/b4-3+/t8-/m0/s1. The molecule has 0 aromatic carbocycles. The van der Waals surface area contributed by atoms with Crippen LogP contribution < -0.4 is 0 Å². The fourth-order valence-corrected chi connectivity index (χ4v) is 0.884. The van der Waals surface area contributed by atoms with Crippen LogP contribution in [-0.2, 0) is 9.53 Å². The van der Waals surface area contributed by atoms with Crippen molar-refractivity contribution in [3.8, 4) is 0 Å². The van der Waals surface area contributed by atoms with E-state index >= 15 is 0 Å². The van der Waals surface area contributed by atoms with Gasteiger partial charge in [-0.3, -0.25) is 4.79 Å². The highest BCUT2D eigenvalue weighted by Gasteiger charge is 2.28. The minimum Gasteiger partial charge on any atom is -0.457 e. The van der Waals surface area contributed by atoms with Crippen LogP contribution in [0.25, 0.3) is 0 Å². The molecule has 0 aromatic rings. The number of carbonyl (C=O) groups excluding carboxylic acids is 1. The molecule has 0 bridgehead atoms. The number of rotatable bonds is 1. The van der Waals surface area contributed by atoms with E-state index in [-0.39, 0.29) is 5.78 Å². The monoisotopic (exact) mass is 154 g/mol. The largest absolute Gasteiger partial charge is 0.457 e. The summed E-state index contributed by atoms with van der Waals surface area (Å²) in [5.41, 5.74) is 0.482. The SMILES string of the molecule is C/C=C/C1=C(C)C(=O)[C@@H](O)O1. The van der Waals surface area contributed by atoms with Crippen LogP contribution in [0.5, 0.6) is 0 Å². The van der Waals surface area contributed by atoms with Crippen molar-refractivity contribution in [2.45, 2.75) is 20.1 Å². The number of ketones is 1. The third-order valence-corrected chi connectivity index (χ3v) is 1.52. The molecule has 0 aromatic heterocycles. The number of aliphatic hydroxyl groups is 1. The van der Waals surface area contributed by atoms with Gasteiger partial charge in [0.25, 0.3) is 6.29 Å². The summed E-state index contributed by atoms with van der Waals surface area (Å²) in [5, 5.41) is 8.92. The van der Waals surface area contributed by atoms with Crippen LogP contribution in [0.1, 0.15) is 13.8 Å². The van der Waals surface area contributed by atoms with Gasteiger partial charge in [0.05, 0.1) is 0 Å². The molecule has 0 saturated carbocycles. The van der Waals surface area contributed by atoms with E-state index in [1.165, 1.54) is 0 Å². The first-order valence-corrected chi connectivity index (χ1v) is 3.39. The molecule has 0 unspecified atom stereocenters. The number of carbonyl (C=O) groups is 1. The Bertz CT molecular complexity index is 238. The molecule has 3 nitrogen and oxygen atoms in total. The van der Waals surface area contributed by atoms with Gasteiger partial charge in [0.15, 0.2) is 0 Å². The fraction of sp³-hybridized carbons (Fsp3) is 0.375. The van der Waals surface area contributed by atoms with Gasteiger partial charge in [-0.05, 0) is 19.9 Å². The van der Waals surface area contributed by atoms with E-state index in [4.69, 9.17) is 9.84 Å². The van der Waals surface area contributed by atoms with E-state index in [9.17, 15) is 4.79 Å². The molecule has 0 spiro atoms. The van der Waals surface area contributed by atoms with Gasteiger partial charge in [-0.15, -0.1) is 0 Å². The number of Topliss-reactive ketones (excluding diaryl/α,β-unsaturated/α-hetero) is 1. The first-order valence-electron chi connectivity index (χ1n) is 3.39. The van der Waals surface area contributed by atoms with Crippen LogP contribution in [0, 0.1) is 0 Å². The minimum atomic E-state index is -1.29. The first-order chi connectivity index (χ1) is 5.16. The summed E-state index contributed by atoms with van der Waals surface area (Å²) in [6.07, 6.45) is 2.12. The van der Waals surface area contributed by atoms with Crippen molar-refractivity contribution in [3.05, 3.63) is 23.5 Å². The highest BCUT2D eigenvalue weighted by molar-refractivity contribution is 6.00. The van der Waals surface area contributed by atoms with Gasteiger partial charge < -0.3 is 9.84 Å². The molecule has 1 aliphatic rings. The average Bonchev–Trinajstić information content (AvgIpc) is 2.19. The van der Waals surface area contributed by atoms with E-state index in [2.05, 4.69) is 0 Å². The number of hydrogen-bond donors (Lipinski definition) is 1. The summed E-state index contributed by atoms with van der Waals surface area (Å²) >= 11 is 0. The minimum absolute atomic E-state index is 0.349. The Morgan fingerprint density at radius 3 is 2.64 bits per heavy atom. The molecule has 0 radical (unpaired) electrons. The zero-order valence-electron chi connectivity index (χ0n) is 6.50. The number of hydrogen-bond acceptors (Lipinski definition) is 3. The van der Waals surface area contributed by atoms with Crippen LogP contribution in [0.15, 0.2) is 23.5 Å². The highest BCUT2D eigenvalue weighted by atomic mass is 16.6. The Hall–Kier alpha value is -1.09. The Balaban J connectivity index is 2.89. The lowest BCUT2D eigenvalue weighted by molar-refractivity contribution is -0.137. The summed E-state index contributed by atoms with van der Waals surface area (Å²) in [6, 6.07) is 0. The maximum absolute atomic E-state index is 10.9. The molecule has 0 aliphatic carbocycles. The van der Waals surface area contributed by atoms with Gasteiger partial charge in [0.2, 0.25) is 5.78 Å². The molecule has 60 valence electrons. The van der Waals surface area contributed by atoms with E-state index in [1.54, 1.807) is 19.1 Å². The Morgan fingerprint density at radius 2 is 2.27 bits per heavy atom. The number of ether oxygens (including phenoxy) is 1. The zero-order valence-corrected chi connectivity index (χ0v) is 6.50. The lowest BCUT2D eigenvalue weighted by Crippen LogP contribution is -2.15. The maximum Gasteiger partial charge on any atom is 0.261 e. The van der Waals surface area contributed by atoms with Gasteiger partial charge in [-0.1, -0.05) is 6.08 Å². The first kappa shape index (κ1) is 8.01. The van der Waals surface area contributed by atoms with Crippen LogP contribution in [0.3, 0.4) is 0 Å². The number of allylic oxidation sites excluding steroid dienone is 2. The Kier molecular flexibility index (Phi) is 2.10. The van der Waals surface area contributed by atoms with Gasteiger partial charge in [-0.2, -0.15) is 0 Å². The summed E-state index contributed by atoms with van der Waals surface area (Å²) in [5.74, 6) is 0.114. The topological polar surface area (TPSA) is 46.5 Å². The zero-order chi connectivity index (χ0) is 8.43. The van der Waals surface area contributed by atoms with Gasteiger partial charge >= 0.3 is 0 Å². The predicted octanol–water partition coefficient (Wildman–Crippen LogP) is 0.754. The lowest BCUT2D eigenvalue weighted by atomic mass is 10.2. The molecule has 1 heterocycles. The molecule has 1 N–H and O–H groups in total. The summed E-state index contributed by atoms with van der Waals surface area (Å²) in [4.78, 5) is 10.9. The van der Waals surface area contributed by atoms with E-state index in [0.29, 0.717) is 11.3 Å². The van der Waals surface area contributed by atoms with Crippen LogP contribution in [0.2, 0.25) is 0 Å². The third-order valence-electron chi connectivity index (χ3n) is 1.52.